The van der Waals surface area contributed by atoms with Crippen LogP contribution in [0.3, 0.4) is 0 Å². The molecule has 1 aromatic carbocycles. The monoisotopic (exact) mass is 594 g/mol. The lowest BCUT2D eigenvalue weighted by Gasteiger charge is -2.32. The second-order valence-corrected chi connectivity index (χ2v) is 11.0. The van der Waals surface area contributed by atoms with Crippen molar-refractivity contribution in [2.24, 2.45) is 5.92 Å². The van der Waals surface area contributed by atoms with Gasteiger partial charge in [-0.15, -0.1) is 0 Å². The van der Waals surface area contributed by atoms with Crippen LogP contribution in [-0.4, -0.2) is 57.0 Å². The van der Waals surface area contributed by atoms with Gasteiger partial charge in [-0.25, -0.2) is 23.5 Å². The molecule has 0 amide bonds. The van der Waals surface area contributed by atoms with Crippen LogP contribution in [-0.2, 0) is 4.79 Å². The van der Waals surface area contributed by atoms with Crippen LogP contribution >= 0.6 is 0 Å². The predicted octanol–water partition coefficient (Wildman–Crippen LogP) is 5.99. The SMILES string of the molecule is COc1ccc(-c2nc3cc(F)c(F)cc3n2C(COc2ccc(OC3(C(=O)O)CC3)cn2)C2CCCCC2)c(OC)n1. The molecule has 2 saturated carbocycles. The Bertz CT molecular complexity index is 1630. The van der Waals surface area contributed by atoms with Crippen LogP contribution in [0.2, 0.25) is 0 Å². The van der Waals surface area contributed by atoms with Crippen molar-refractivity contribution < 1.29 is 37.6 Å². The van der Waals surface area contributed by atoms with E-state index in [1.165, 1.54) is 26.5 Å². The van der Waals surface area contributed by atoms with Gasteiger partial charge in [-0.2, -0.15) is 4.98 Å². The zero-order valence-electron chi connectivity index (χ0n) is 23.9. The van der Waals surface area contributed by atoms with Crippen LogP contribution in [0, 0.1) is 17.6 Å². The van der Waals surface area contributed by atoms with Gasteiger partial charge in [0.15, 0.2) is 11.6 Å². The maximum atomic E-state index is 14.7. The number of halogens is 2. The number of hydrogen-bond donors (Lipinski definition) is 1. The minimum atomic E-state index is -1.18. The first kappa shape index (κ1) is 28.6. The number of aromatic nitrogens is 4. The van der Waals surface area contributed by atoms with Crippen LogP contribution in [0.1, 0.15) is 51.0 Å². The topological polar surface area (TPSA) is 118 Å². The Morgan fingerprint density at radius 3 is 2.42 bits per heavy atom. The molecule has 12 heteroatoms. The van der Waals surface area contributed by atoms with E-state index in [2.05, 4.69) is 9.97 Å². The van der Waals surface area contributed by atoms with Crippen molar-refractivity contribution in [2.45, 2.75) is 56.6 Å². The summed E-state index contributed by atoms with van der Waals surface area (Å²) in [5.41, 5.74) is 0.0695. The molecule has 2 aliphatic rings. The van der Waals surface area contributed by atoms with Crippen molar-refractivity contribution in [3.8, 4) is 34.8 Å². The number of hydrogen-bond acceptors (Lipinski definition) is 8. The number of imidazole rings is 1. The molecule has 226 valence electrons. The highest BCUT2D eigenvalue weighted by molar-refractivity contribution is 5.82. The summed E-state index contributed by atoms with van der Waals surface area (Å²) < 4.78 is 53.7. The minimum absolute atomic E-state index is 0.156. The lowest BCUT2D eigenvalue weighted by atomic mass is 9.83. The van der Waals surface area contributed by atoms with Crippen molar-refractivity contribution in [3.63, 3.8) is 0 Å². The third kappa shape index (κ3) is 5.65. The van der Waals surface area contributed by atoms with E-state index in [4.69, 9.17) is 23.9 Å². The number of carboxylic acids is 1. The van der Waals surface area contributed by atoms with Crippen LogP contribution < -0.4 is 18.9 Å². The molecule has 10 nitrogen and oxygen atoms in total. The third-order valence-electron chi connectivity index (χ3n) is 8.25. The molecular formula is C31H32F2N4O6. The van der Waals surface area contributed by atoms with Crippen molar-refractivity contribution in [1.82, 2.24) is 19.5 Å². The summed E-state index contributed by atoms with van der Waals surface area (Å²) in [5.74, 6) is -1.10. The zero-order valence-corrected chi connectivity index (χ0v) is 23.9. The molecular weight excluding hydrogens is 562 g/mol. The fourth-order valence-electron chi connectivity index (χ4n) is 5.80. The summed E-state index contributed by atoms with van der Waals surface area (Å²) in [6.07, 6.45) is 7.38. The smallest absolute Gasteiger partial charge is 0.348 e. The maximum Gasteiger partial charge on any atom is 0.348 e. The Balaban J connectivity index is 1.38. The van der Waals surface area contributed by atoms with E-state index in [-0.39, 0.29) is 24.4 Å². The van der Waals surface area contributed by atoms with Crippen molar-refractivity contribution in [3.05, 3.63) is 54.2 Å². The molecule has 2 aliphatic carbocycles. The fraction of sp³-hybridized carbons (Fsp3) is 0.419. The van der Waals surface area contributed by atoms with Crippen molar-refractivity contribution in [2.75, 3.05) is 20.8 Å². The molecule has 3 aromatic heterocycles. The Kier molecular flexibility index (Phi) is 7.76. The van der Waals surface area contributed by atoms with E-state index in [1.54, 1.807) is 24.3 Å². The Morgan fingerprint density at radius 2 is 1.77 bits per heavy atom. The van der Waals surface area contributed by atoms with E-state index in [0.29, 0.717) is 52.8 Å². The van der Waals surface area contributed by atoms with Gasteiger partial charge in [0.2, 0.25) is 23.2 Å². The summed E-state index contributed by atoms with van der Waals surface area (Å²) >= 11 is 0. The Hall–Kier alpha value is -4.48. The highest BCUT2D eigenvalue weighted by Crippen LogP contribution is 2.42. The van der Waals surface area contributed by atoms with Gasteiger partial charge in [-0.05, 0) is 30.9 Å². The van der Waals surface area contributed by atoms with Gasteiger partial charge in [-0.3, -0.25) is 0 Å². The number of carbonyl (C=O) groups is 1. The first-order chi connectivity index (χ1) is 20.8. The molecule has 4 aromatic rings. The largest absolute Gasteiger partial charge is 0.481 e. The maximum absolute atomic E-state index is 14.7. The van der Waals surface area contributed by atoms with Crippen LogP contribution in [0.5, 0.6) is 23.4 Å². The molecule has 1 N–H and O–H groups in total. The minimum Gasteiger partial charge on any atom is -0.481 e. The molecule has 1 atom stereocenters. The standard InChI is InChI=1S/C31H32F2N4O6/c1-40-27-11-9-20(29(36-27)41-2)28-35-23-14-21(32)22(33)15-24(23)37(28)25(18-6-4-3-5-7-18)17-42-26-10-8-19(16-34-26)43-31(12-13-31)30(38)39/h8-11,14-16,18,25H,3-7,12-13,17H2,1-2H3,(H,38,39). The van der Waals surface area contributed by atoms with E-state index in [0.717, 1.165) is 38.2 Å². The van der Waals surface area contributed by atoms with Crippen molar-refractivity contribution in [1.29, 1.82) is 0 Å². The second kappa shape index (κ2) is 11.7. The van der Waals surface area contributed by atoms with E-state index >= 15 is 0 Å². The molecule has 0 bridgehead atoms. The van der Waals surface area contributed by atoms with Gasteiger partial charge in [0, 0.05) is 37.1 Å². The number of ether oxygens (including phenoxy) is 4. The van der Waals surface area contributed by atoms with Gasteiger partial charge in [0.1, 0.15) is 18.2 Å². The quantitative estimate of drug-likeness (QED) is 0.224. The van der Waals surface area contributed by atoms with Crippen LogP contribution in [0.4, 0.5) is 8.78 Å². The molecule has 3 heterocycles. The summed E-state index contributed by atoms with van der Waals surface area (Å²) in [5, 5.41) is 9.41. The van der Waals surface area contributed by atoms with Gasteiger partial charge >= 0.3 is 5.97 Å². The van der Waals surface area contributed by atoms with Gasteiger partial charge in [0.05, 0.1) is 43.1 Å². The average molecular weight is 595 g/mol. The molecule has 0 radical (unpaired) electrons. The summed E-state index contributed by atoms with van der Waals surface area (Å²) in [7, 11) is 2.99. The molecule has 43 heavy (non-hydrogen) atoms. The second-order valence-electron chi connectivity index (χ2n) is 11.0. The summed E-state index contributed by atoms with van der Waals surface area (Å²) in [4.78, 5) is 25.0. The number of rotatable bonds is 11. The number of carboxylic acid groups (broad SMARTS) is 1. The van der Waals surface area contributed by atoms with Gasteiger partial charge in [-0.1, -0.05) is 19.3 Å². The number of benzene rings is 1. The van der Waals surface area contributed by atoms with E-state index in [1.807, 2.05) is 4.57 Å². The Morgan fingerprint density at radius 1 is 1.02 bits per heavy atom. The first-order valence-corrected chi connectivity index (χ1v) is 14.3. The number of aliphatic carboxylic acids is 1. The highest BCUT2D eigenvalue weighted by Gasteiger charge is 2.53. The number of methoxy groups -OCH3 is 2. The summed E-state index contributed by atoms with van der Waals surface area (Å²) in [6, 6.07) is 8.64. The fourth-order valence-corrected chi connectivity index (χ4v) is 5.80. The van der Waals surface area contributed by atoms with Gasteiger partial charge < -0.3 is 28.6 Å². The number of fused-ring (bicyclic) bond motifs is 1. The number of pyridine rings is 2. The molecule has 0 spiro atoms. The molecule has 6 rings (SSSR count). The van der Waals surface area contributed by atoms with E-state index < -0.39 is 23.2 Å². The normalized spacial score (nSPS) is 16.9. The number of nitrogens with zero attached hydrogens (tertiary/aromatic N) is 4. The van der Waals surface area contributed by atoms with Gasteiger partial charge in [0.25, 0.3) is 0 Å². The molecule has 0 saturated heterocycles. The Labute approximate surface area is 246 Å². The zero-order chi connectivity index (χ0) is 30.1. The summed E-state index contributed by atoms with van der Waals surface area (Å²) in [6.45, 7) is 0.167. The lowest BCUT2D eigenvalue weighted by molar-refractivity contribution is -0.147. The average Bonchev–Trinajstić information content (AvgIpc) is 3.74. The highest BCUT2D eigenvalue weighted by atomic mass is 19.2. The van der Waals surface area contributed by atoms with E-state index in [9.17, 15) is 18.7 Å². The lowest BCUT2D eigenvalue weighted by Crippen LogP contribution is -2.29. The third-order valence-corrected chi connectivity index (χ3v) is 8.25. The van der Waals surface area contributed by atoms with Crippen LogP contribution in [0.15, 0.2) is 42.6 Å². The van der Waals surface area contributed by atoms with Crippen LogP contribution in [0.25, 0.3) is 22.4 Å². The molecule has 2 fully saturated rings. The first-order valence-electron chi connectivity index (χ1n) is 14.3. The molecule has 0 aliphatic heterocycles. The van der Waals surface area contributed by atoms with Crippen molar-refractivity contribution >= 4 is 17.0 Å². The predicted molar refractivity (Wildman–Crippen MR) is 152 cm³/mol. The molecule has 1 unspecified atom stereocenters.